The van der Waals surface area contributed by atoms with Crippen molar-refractivity contribution < 1.29 is 14.7 Å². The Hall–Kier alpha value is -1.06. The molecule has 0 atom stereocenters. The average molecular weight is 173 g/mol. The molecule has 0 radical (unpaired) electrons. The molecule has 0 saturated carbocycles. The first-order valence-electron chi connectivity index (χ1n) is 4.15. The fourth-order valence-electron chi connectivity index (χ4n) is 0.713. The SMILES string of the molecule is CCCCNC(=O)CCC(=O)O. The van der Waals surface area contributed by atoms with Gasteiger partial charge in [0.25, 0.3) is 0 Å². The Morgan fingerprint density at radius 1 is 1.33 bits per heavy atom. The van der Waals surface area contributed by atoms with Crippen LogP contribution in [0.15, 0.2) is 0 Å². The van der Waals surface area contributed by atoms with Crippen molar-refractivity contribution in [3.05, 3.63) is 0 Å². The number of carboxylic acid groups (broad SMARTS) is 1. The van der Waals surface area contributed by atoms with Gasteiger partial charge in [0.15, 0.2) is 0 Å². The van der Waals surface area contributed by atoms with Crippen LogP contribution < -0.4 is 5.32 Å². The number of carbonyl (C=O) groups is 2. The highest BCUT2D eigenvalue weighted by molar-refractivity contribution is 5.80. The normalized spacial score (nSPS) is 9.42. The van der Waals surface area contributed by atoms with Crippen LogP contribution in [0.2, 0.25) is 0 Å². The predicted octanol–water partition coefficient (Wildman–Crippen LogP) is 0.767. The van der Waals surface area contributed by atoms with Crippen LogP contribution in [0, 0.1) is 0 Å². The maximum Gasteiger partial charge on any atom is 0.303 e. The monoisotopic (exact) mass is 173 g/mol. The number of carbonyl (C=O) groups excluding carboxylic acids is 1. The number of aliphatic carboxylic acids is 1. The first-order valence-corrected chi connectivity index (χ1v) is 4.15. The second-order valence-electron chi connectivity index (χ2n) is 2.60. The lowest BCUT2D eigenvalue weighted by Gasteiger charge is -2.01. The van der Waals surface area contributed by atoms with Crippen LogP contribution >= 0.6 is 0 Å². The van der Waals surface area contributed by atoms with Crippen LogP contribution in [0.1, 0.15) is 32.6 Å². The molecule has 4 heteroatoms. The Labute approximate surface area is 72.0 Å². The van der Waals surface area contributed by atoms with Crippen LogP contribution in [-0.2, 0) is 9.59 Å². The molecule has 0 bridgehead atoms. The van der Waals surface area contributed by atoms with E-state index in [4.69, 9.17) is 5.11 Å². The van der Waals surface area contributed by atoms with Gasteiger partial charge >= 0.3 is 5.97 Å². The molecule has 12 heavy (non-hydrogen) atoms. The highest BCUT2D eigenvalue weighted by Crippen LogP contribution is 1.89. The van der Waals surface area contributed by atoms with Gasteiger partial charge in [0.2, 0.25) is 5.91 Å². The van der Waals surface area contributed by atoms with Crippen LogP contribution in [0.5, 0.6) is 0 Å². The van der Waals surface area contributed by atoms with Crippen LogP contribution in [0.3, 0.4) is 0 Å². The molecule has 0 heterocycles. The molecule has 0 spiro atoms. The number of rotatable bonds is 6. The average Bonchev–Trinajstić information content (AvgIpc) is 2.01. The van der Waals surface area contributed by atoms with E-state index in [1.54, 1.807) is 0 Å². The summed E-state index contributed by atoms with van der Waals surface area (Å²) in [5, 5.41) is 10.9. The second-order valence-corrected chi connectivity index (χ2v) is 2.60. The van der Waals surface area contributed by atoms with Crippen molar-refractivity contribution in [2.24, 2.45) is 0 Å². The Balaban J connectivity index is 3.28. The van der Waals surface area contributed by atoms with E-state index in [9.17, 15) is 9.59 Å². The smallest absolute Gasteiger partial charge is 0.303 e. The van der Waals surface area contributed by atoms with Gasteiger partial charge in [-0.05, 0) is 6.42 Å². The molecule has 2 N–H and O–H groups in total. The second kappa shape index (κ2) is 6.64. The lowest BCUT2D eigenvalue weighted by molar-refractivity contribution is -0.138. The first kappa shape index (κ1) is 10.9. The van der Waals surface area contributed by atoms with E-state index in [1.807, 2.05) is 6.92 Å². The molecule has 0 aromatic carbocycles. The standard InChI is InChI=1S/C8H15NO3/c1-2-3-6-9-7(10)4-5-8(11)12/h2-6H2,1H3,(H,9,10)(H,11,12). The summed E-state index contributed by atoms with van der Waals surface area (Å²) in [5.74, 6) is -1.11. The molecule has 0 unspecified atom stereocenters. The minimum atomic E-state index is -0.930. The molecule has 4 nitrogen and oxygen atoms in total. The fraction of sp³-hybridized carbons (Fsp3) is 0.750. The lowest BCUT2D eigenvalue weighted by Crippen LogP contribution is -2.24. The number of amides is 1. The van der Waals surface area contributed by atoms with Crippen LogP contribution in [0.4, 0.5) is 0 Å². The summed E-state index contributed by atoms with van der Waals surface area (Å²) in [4.78, 5) is 20.9. The number of carboxylic acids is 1. The van der Waals surface area contributed by atoms with Gasteiger partial charge in [-0.3, -0.25) is 9.59 Å². The number of unbranched alkanes of at least 4 members (excludes halogenated alkanes) is 1. The third-order valence-electron chi connectivity index (χ3n) is 1.42. The van der Waals surface area contributed by atoms with Crippen LogP contribution in [0.25, 0.3) is 0 Å². The predicted molar refractivity (Wildman–Crippen MR) is 44.8 cm³/mol. The van der Waals surface area contributed by atoms with Gasteiger partial charge in [-0.15, -0.1) is 0 Å². The minimum absolute atomic E-state index is 0.0824. The van der Waals surface area contributed by atoms with E-state index in [-0.39, 0.29) is 18.7 Å². The highest BCUT2D eigenvalue weighted by atomic mass is 16.4. The Kier molecular flexibility index (Phi) is 6.05. The van der Waals surface area contributed by atoms with E-state index >= 15 is 0 Å². The number of hydrogen-bond donors (Lipinski definition) is 2. The molecule has 0 saturated heterocycles. The number of nitrogens with one attached hydrogen (secondary N) is 1. The summed E-state index contributed by atoms with van der Waals surface area (Å²) < 4.78 is 0. The molecule has 70 valence electrons. The largest absolute Gasteiger partial charge is 0.481 e. The van der Waals surface area contributed by atoms with Gasteiger partial charge in [0.05, 0.1) is 6.42 Å². The first-order chi connectivity index (χ1) is 5.66. The fourth-order valence-corrected chi connectivity index (χ4v) is 0.713. The Bertz CT molecular complexity index is 156. The van der Waals surface area contributed by atoms with Crippen molar-refractivity contribution in [1.29, 1.82) is 0 Å². The van der Waals surface area contributed by atoms with E-state index in [2.05, 4.69) is 5.32 Å². The van der Waals surface area contributed by atoms with Crippen molar-refractivity contribution in [1.82, 2.24) is 5.32 Å². The summed E-state index contributed by atoms with van der Waals surface area (Å²) in [6.07, 6.45) is 1.97. The van der Waals surface area contributed by atoms with Gasteiger partial charge in [0.1, 0.15) is 0 Å². The minimum Gasteiger partial charge on any atom is -0.481 e. The van der Waals surface area contributed by atoms with Crippen molar-refractivity contribution in [2.75, 3.05) is 6.54 Å². The molecule has 0 aliphatic heterocycles. The zero-order valence-electron chi connectivity index (χ0n) is 7.30. The summed E-state index contributed by atoms with van der Waals surface area (Å²) >= 11 is 0. The quantitative estimate of drug-likeness (QED) is 0.583. The van der Waals surface area contributed by atoms with Crippen molar-refractivity contribution in [3.63, 3.8) is 0 Å². The highest BCUT2D eigenvalue weighted by Gasteiger charge is 2.03. The summed E-state index contributed by atoms with van der Waals surface area (Å²) in [7, 11) is 0. The topological polar surface area (TPSA) is 66.4 Å². The third-order valence-corrected chi connectivity index (χ3v) is 1.42. The van der Waals surface area contributed by atoms with Crippen molar-refractivity contribution in [2.45, 2.75) is 32.6 Å². The van der Waals surface area contributed by atoms with E-state index in [1.165, 1.54) is 0 Å². The van der Waals surface area contributed by atoms with E-state index in [0.717, 1.165) is 12.8 Å². The van der Waals surface area contributed by atoms with Crippen LogP contribution in [-0.4, -0.2) is 23.5 Å². The molecule has 1 amide bonds. The van der Waals surface area contributed by atoms with E-state index < -0.39 is 5.97 Å². The van der Waals surface area contributed by atoms with Gasteiger partial charge < -0.3 is 10.4 Å². The number of hydrogen-bond acceptors (Lipinski definition) is 2. The summed E-state index contributed by atoms with van der Waals surface area (Å²) in [5.41, 5.74) is 0. The summed E-state index contributed by atoms with van der Waals surface area (Å²) in [6.45, 7) is 2.68. The van der Waals surface area contributed by atoms with E-state index in [0.29, 0.717) is 6.54 Å². The van der Waals surface area contributed by atoms with Gasteiger partial charge in [0, 0.05) is 13.0 Å². The molecule has 0 aromatic rings. The maximum atomic E-state index is 10.8. The van der Waals surface area contributed by atoms with Crippen molar-refractivity contribution in [3.8, 4) is 0 Å². The van der Waals surface area contributed by atoms with Gasteiger partial charge in [-0.2, -0.15) is 0 Å². The van der Waals surface area contributed by atoms with Gasteiger partial charge in [-0.25, -0.2) is 0 Å². The summed E-state index contributed by atoms with van der Waals surface area (Å²) in [6, 6.07) is 0. The molecule has 0 rings (SSSR count). The Morgan fingerprint density at radius 3 is 2.50 bits per heavy atom. The van der Waals surface area contributed by atoms with Gasteiger partial charge in [-0.1, -0.05) is 13.3 Å². The lowest BCUT2D eigenvalue weighted by atomic mass is 10.3. The molecular formula is C8H15NO3. The molecular weight excluding hydrogens is 158 g/mol. The molecule has 0 aromatic heterocycles. The maximum absolute atomic E-state index is 10.8. The molecule has 0 fully saturated rings. The van der Waals surface area contributed by atoms with Crippen molar-refractivity contribution >= 4 is 11.9 Å². The third kappa shape index (κ3) is 7.05. The molecule has 0 aliphatic carbocycles. The zero-order valence-corrected chi connectivity index (χ0v) is 7.30. The molecule has 0 aliphatic rings. The zero-order chi connectivity index (χ0) is 9.40. The Morgan fingerprint density at radius 2 is 2.00 bits per heavy atom.